The van der Waals surface area contributed by atoms with Crippen LogP contribution in [0, 0.1) is 5.92 Å². The van der Waals surface area contributed by atoms with Crippen molar-refractivity contribution in [3.05, 3.63) is 11.6 Å². The molecule has 10 heavy (non-hydrogen) atoms. The summed E-state index contributed by atoms with van der Waals surface area (Å²) in [5.74, 6) is 0.839. The van der Waals surface area contributed by atoms with E-state index in [1.807, 2.05) is 0 Å². The first-order valence-corrected chi connectivity index (χ1v) is 4.23. The fourth-order valence-electron chi connectivity index (χ4n) is 1.62. The highest BCUT2D eigenvalue weighted by Crippen LogP contribution is 2.30. The van der Waals surface area contributed by atoms with Crippen LogP contribution in [-0.2, 0) is 0 Å². The van der Waals surface area contributed by atoms with E-state index in [9.17, 15) is 0 Å². The predicted octanol–water partition coefficient (Wildman–Crippen LogP) is 2.08. The van der Waals surface area contributed by atoms with Crippen LogP contribution >= 0.6 is 0 Å². The number of hydrogen-bond acceptors (Lipinski definition) is 1. The van der Waals surface area contributed by atoms with Gasteiger partial charge in [-0.15, -0.1) is 0 Å². The molecule has 58 valence electrons. The Balaban J connectivity index is 2.38. The summed E-state index contributed by atoms with van der Waals surface area (Å²) in [6.07, 6.45) is 7.49. The average Bonchev–Trinajstić information content (AvgIpc) is 2.31. The maximum absolute atomic E-state index is 5.41. The zero-order chi connectivity index (χ0) is 7.40. The molecule has 0 amide bonds. The van der Waals surface area contributed by atoms with Crippen LogP contribution in [0.15, 0.2) is 11.6 Å². The first kappa shape index (κ1) is 7.80. The summed E-state index contributed by atoms with van der Waals surface area (Å²) in [6, 6.07) is 0. The number of nitrogens with two attached hydrogens (primary N) is 1. The zero-order valence-electron chi connectivity index (χ0n) is 6.77. The number of hydrogen-bond donors (Lipinski definition) is 1. The van der Waals surface area contributed by atoms with Gasteiger partial charge in [0.2, 0.25) is 0 Å². The van der Waals surface area contributed by atoms with Crippen LogP contribution in [0.1, 0.15) is 32.6 Å². The second-order valence-corrected chi connectivity index (χ2v) is 3.15. The van der Waals surface area contributed by atoms with Gasteiger partial charge in [0.1, 0.15) is 0 Å². The lowest BCUT2D eigenvalue weighted by molar-refractivity contribution is 0.693. The summed E-state index contributed by atoms with van der Waals surface area (Å²) in [4.78, 5) is 0. The maximum atomic E-state index is 5.41. The Morgan fingerprint density at radius 2 is 2.50 bits per heavy atom. The zero-order valence-corrected chi connectivity index (χ0v) is 6.77. The summed E-state index contributed by atoms with van der Waals surface area (Å²) in [7, 11) is 0. The third-order valence-electron chi connectivity index (χ3n) is 2.31. The van der Waals surface area contributed by atoms with E-state index in [1.54, 1.807) is 5.57 Å². The van der Waals surface area contributed by atoms with Gasteiger partial charge < -0.3 is 5.73 Å². The third kappa shape index (κ3) is 1.84. The molecule has 0 radical (unpaired) electrons. The van der Waals surface area contributed by atoms with Crippen molar-refractivity contribution < 1.29 is 0 Å². The molecule has 0 aromatic rings. The average molecular weight is 139 g/mol. The lowest BCUT2D eigenvalue weighted by atomic mass is 10.0. The van der Waals surface area contributed by atoms with Crippen molar-refractivity contribution in [2.75, 3.05) is 6.54 Å². The Hall–Kier alpha value is -0.300. The van der Waals surface area contributed by atoms with Crippen LogP contribution < -0.4 is 5.73 Å². The van der Waals surface area contributed by atoms with Gasteiger partial charge in [0.05, 0.1) is 0 Å². The Kier molecular flexibility index (Phi) is 2.94. The van der Waals surface area contributed by atoms with E-state index >= 15 is 0 Å². The molecular formula is C9H17N. The molecule has 2 N–H and O–H groups in total. The normalized spacial score (nSPS) is 29.8. The van der Waals surface area contributed by atoms with Gasteiger partial charge in [-0.05, 0) is 38.1 Å². The van der Waals surface area contributed by atoms with Gasteiger partial charge in [0.15, 0.2) is 0 Å². The van der Waals surface area contributed by atoms with Crippen LogP contribution in [0.3, 0.4) is 0 Å². The molecule has 0 aliphatic heterocycles. The Labute approximate surface area is 63.3 Å². The molecule has 1 rings (SSSR count). The van der Waals surface area contributed by atoms with E-state index in [0.29, 0.717) is 0 Å². The standard InChI is InChI=1S/C9H17N/c1-8-4-2-5-9(8)6-3-7-10/h6,8H,2-5,7,10H2,1H3/b9-6+. The van der Waals surface area contributed by atoms with Crippen molar-refractivity contribution in [2.24, 2.45) is 11.7 Å². The topological polar surface area (TPSA) is 26.0 Å². The molecule has 0 aromatic carbocycles. The van der Waals surface area contributed by atoms with E-state index in [-0.39, 0.29) is 0 Å². The van der Waals surface area contributed by atoms with Gasteiger partial charge in [-0.25, -0.2) is 0 Å². The van der Waals surface area contributed by atoms with Gasteiger partial charge in [-0.1, -0.05) is 18.6 Å². The molecule has 0 bridgehead atoms. The molecule has 1 aliphatic rings. The molecule has 1 aliphatic carbocycles. The lowest BCUT2D eigenvalue weighted by Gasteiger charge is -2.02. The van der Waals surface area contributed by atoms with Gasteiger partial charge in [-0.2, -0.15) is 0 Å². The van der Waals surface area contributed by atoms with E-state index in [0.717, 1.165) is 18.9 Å². The van der Waals surface area contributed by atoms with Crippen LogP contribution in [0.5, 0.6) is 0 Å². The quantitative estimate of drug-likeness (QED) is 0.582. The minimum atomic E-state index is 0.802. The molecule has 1 nitrogen and oxygen atoms in total. The molecule has 0 heterocycles. The highest BCUT2D eigenvalue weighted by Gasteiger charge is 2.14. The predicted molar refractivity (Wildman–Crippen MR) is 44.8 cm³/mol. The fraction of sp³-hybridized carbons (Fsp3) is 0.778. The Morgan fingerprint density at radius 3 is 3.00 bits per heavy atom. The lowest BCUT2D eigenvalue weighted by Crippen LogP contribution is -1.97. The minimum absolute atomic E-state index is 0.802. The first-order valence-electron chi connectivity index (χ1n) is 4.23. The maximum Gasteiger partial charge on any atom is -0.00425 e. The summed E-state index contributed by atoms with van der Waals surface area (Å²) in [5.41, 5.74) is 7.05. The van der Waals surface area contributed by atoms with E-state index < -0.39 is 0 Å². The fourth-order valence-corrected chi connectivity index (χ4v) is 1.62. The molecular weight excluding hydrogens is 122 g/mol. The highest BCUT2D eigenvalue weighted by molar-refractivity contribution is 5.09. The molecule has 1 atom stereocenters. The summed E-state index contributed by atoms with van der Waals surface area (Å²) >= 11 is 0. The van der Waals surface area contributed by atoms with E-state index in [2.05, 4.69) is 13.0 Å². The van der Waals surface area contributed by atoms with Gasteiger partial charge in [0.25, 0.3) is 0 Å². The number of rotatable bonds is 2. The summed E-state index contributed by atoms with van der Waals surface area (Å²) in [6.45, 7) is 3.12. The molecule has 0 aromatic heterocycles. The second kappa shape index (κ2) is 3.77. The van der Waals surface area contributed by atoms with Crippen molar-refractivity contribution in [3.8, 4) is 0 Å². The Bertz CT molecular complexity index is 127. The molecule has 1 saturated carbocycles. The van der Waals surface area contributed by atoms with Crippen LogP contribution in [0.4, 0.5) is 0 Å². The molecule has 1 heteroatoms. The van der Waals surface area contributed by atoms with Crippen molar-refractivity contribution in [1.29, 1.82) is 0 Å². The van der Waals surface area contributed by atoms with Crippen molar-refractivity contribution in [3.63, 3.8) is 0 Å². The van der Waals surface area contributed by atoms with Gasteiger partial charge in [-0.3, -0.25) is 0 Å². The second-order valence-electron chi connectivity index (χ2n) is 3.15. The Morgan fingerprint density at radius 1 is 1.70 bits per heavy atom. The third-order valence-corrected chi connectivity index (χ3v) is 2.31. The molecule has 0 saturated heterocycles. The monoisotopic (exact) mass is 139 g/mol. The van der Waals surface area contributed by atoms with Crippen LogP contribution in [-0.4, -0.2) is 6.54 Å². The minimum Gasteiger partial charge on any atom is -0.330 e. The molecule has 0 spiro atoms. The van der Waals surface area contributed by atoms with E-state index in [4.69, 9.17) is 5.73 Å². The SMILES string of the molecule is CC1CCC/C1=C\CCN. The molecule has 1 fully saturated rings. The van der Waals surface area contributed by atoms with Crippen molar-refractivity contribution >= 4 is 0 Å². The number of allylic oxidation sites excluding steroid dienone is 1. The summed E-state index contributed by atoms with van der Waals surface area (Å²) in [5, 5.41) is 0. The van der Waals surface area contributed by atoms with Gasteiger partial charge >= 0.3 is 0 Å². The largest absolute Gasteiger partial charge is 0.330 e. The van der Waals surface area contributed by atoms with Crippen LogP contribution in [0.2, 0.25) is 0 Å². The first-order chi connectivity index (χ1) is 4.84. The highest BCUT2D eigenvalue weighted by atomic mass is 14.5. The molecule has 1 unspecified atom stereocenters. The smallest absolute Gasteiger partial charge is 0.00425 e. The van der Waals surface area contributed by atoms with Gasteiger partial charge in [0, 0.05) is 0 Å². The summed E-state index contributed by atoms with van der Waals surface area (Å²) < 4.78 is 0. The van der Waals surface area contributed by atoms with E-state index in [1.165, 1.54) is 19.3 Å². The van der Waals surface area contributed by atoms with Crippen LogP contribution in [0.25, 0.3) is 0 Å². The van der Waals surface area contributed by atoms with Crippen molar-refractivity contribution in [2.45, 2.75) is 32.6 Å². The van der Waals surface area contributed by atoms with Crippen molar-refractivity contribution in [1.82, 2.24) is 0 Å².